The van der Waals surface area contributed by atoms with Crippen LogP contribution in [0.5, 0.6) is 5.75 Å². The fourth-order valence-corrected chi connectivity index (χ4v) is 3.17. The Hall–Kier alpha value is -2.17. The second kappa shape index (κ2) is 7.90. The highest BCUT2D eigenvalue weighted by molar-refractivity contribution is 9.11. The average Bonchev–Trinajstić information content (AvgIpc) is 2.52. The van der Waals surface area contributed by atoms with Crippen molar-refractivity contribution in [2.45, 2.75) is 0 Å². The van der Waals surface area contributed by atoms with Crippen molar-refractivity contribution in [1.29, 1.82) is 0 Å². The second-order valence-electron chi connectivity index (χ2n) is 4.34. The largest absolute Gasteiger partial charge is 0.479 e. The molecule has 2 rings (SSSR count). The van der Waals surface area contributed by atoms with Gasteiger partial charge in [-0.3, -0.25) is 15.1 Å². The number of benzene rings is 2. The highest BCUT2D eigenvalue weighted by Gasteiger charge is 2.08. The molecule has 5 nitrogen and oxygen atoms in total. The summed E-state index contributed by atoms with van der Waals surface area (Å²) in [7, 11) is 0. The lowest BCUT2D eigenvalue weighted by Gasteiger charge is -2.08. The van der Waals surface area contributed by atoms with E-state index in [-0.39, 0.29) is 12.3 Å². The molecule has 0 aliphatic carbocycles. The number of terminal acetylenes is 1. The Morgan fingerprint density at radius 1 is 1.26 bits per heavy atom. The molecule has 2 aromatic rings. The summed E-state index contributed by atoms with van der Waals surface area (Å²) in [6.45, 7) is 0.174. The maximum atomic E-state index is 10.6. The zero-order chi connectivity index (χ0) is 16.8. The van der Waals surface area contributed by atoms with Crippen molar-refractivity contribution in [3.63, 3.8) is 0 Å². The molecule has 23 heavy (non-hydrogen) atoms. The third-order valence-corrected chi connectivity index (χ3v) is 3.92. The van der Waals surface area contributed by atoms with E-state index >= 15 is 0 Å². The summed E-state index contributed by atoms with van der Waals surface area (Å²) in [4.78, 5) is 14.4. The number of hydrogen-bond donors (Lipinski definition) is 0. The minimum absolute atomic E-state index is 0.0319. The number of halogens is 2. The Kier molecular flexibility index (Phi) is 5.90. The molecule has 0 aliphatic rings. The summed E-state index contributed by atoms with van der Waals surface area (Å²) in [6, 6.07) is 9.67. The molecule has 0 bridgehead atoms. The first-order valence-electron chi connectivity index (χ1n) is 6.35. The number of non-ortho nitro benzene ring substituents is 1. The summed E-state index contributed by atoms with van der Waals surface area (Å²) in [5.41, 5.74) is 1.48. The molecule has 0 radical (unpaired) electrons. The summed E-state index contributed by atoms with van der Waals surface area (Å²) in [6.07, 6.45) is 6.83. The van der Waals surface area contributed by atoms with E-state index in [0.29, 0.717) is 11.4 Å². The Balaban J connectivity index is 2.19. The standard InChI is InChI=1S/C16H10Br2N2O3/c1-2-7-23-16-14(17)8-11(9-15(16)18)10-19-12-3-5-13(6-4-12)20(21)22/h1,3-6,8-10H,7H2. The predicted molar refractivity (Wildman–Crippen MR) is 96.5 cm³/mol. The van der Waals surface area contributed by atoms with E-state index in [0.717, 1.165) is 14.5 Å². The van der Waals surface area contributed by atoms with Gasteiger partial charge in [0.25, 0.3) is 5.69 Å². The van der Waals surface area contributed by atoms with Crippen LogP contribution in [0.2, 0.25) is 0 Å². The molecule has 2 aromatic carbocycles. The molecule has 0 unspecified atom stereocenters. The molecule has 0 fully saturated rings. The van der Waals surface area contributed by atoms with Crippen molar-refractivity contribution in [1.82, 2.24) is 0 Å². The first kappa shape index (κ1) is 17.2. The van der Waals surface area contributed by atoms with Crippen LogP contribution in [0.4, 0.5) is 11.4 Å². The summed E-state index contributed by atoms with van der Waals surface area (Å²) < 4.78 is 6.92. The number of rotatable bonds is 5. The molecular formula is C16H10Br2N2O3. The molecule has 116 valence electrons. The normalized spacial score (nSPS) is 10.5. The van der Waals surface area contributed by atoms with Crippen LogP contribution in [0.25, 0.3) is 0 Å². The van der Waals surface area contributed by atoms with Gasteiger partial charge in [0.15, 0.2) is 0 Å². The number of nitro benzene ring substituents is 1. The van der Waals surface area contributed by atoms with Gasteiger partial charge in [-0.2, -0.15) is 0 Å². The fraction of sp³-hybridized carbons (Fsp3) is 0.0625. The quantitative estimate of drug-likeness (QED) is 0.289. The van der Waals surface area contributed by atoms with Crippen LogP contribution >= 0.6 is 31.9 Å². The Morgan fingerprint density at radius 2 is 1.87 bits per heavy atom. The van der Waals surface area contributed by atoms with Gasteiger partial charge in [0, 0.05) is 18.3 Å². The predicted octanol–water partition coefficient (Wildman–Crippen LogP) is 4.88. The molecule has 0 amide bonds. The molecular weight excluding hydrogens is 428 g/mol. The Labute approximate surface area is 149 Å². The number of hydrogen-bond acceptors (Lipinski definition) is 4. The number of nitrogens with zero attached hydrogens (tertiary/aromatic N) is 2. The summed E-state index contributed by atoms with van der Waals surface area (Å²) in [5, 5.41) is 10.6. The maximum absolute atomic E-state index is 10.6. The van der Waals surface area contributed by atoms with Crippen LogP contribution in [0.1, 0.15) is 5.56 Å². The van der Waals surface area contributed by atoms with Gasteiger partial charge >= 0.3 is 0 Å². The molecule has 0 heterocycles. The zero-order valence-corrected chi connectivity index (χ0v) is 14.9. The lowest BCUT2D eigenvalue weighted by molar-refractivity contribution is -0.384. The van der Waals surface area contributed by atoms with E-state index in [2.05, 4.69) is 42.8 Å². The third kappa shape index (κ3) is 4.65. The van der Waals surface area contributed by atoms with E-state index in [1.807, 2.05) is 12.1 Å². The molecule has 0 N–H and O–H groups in total. The molecule has 7 heteroatoms. The SMILES string of the molecule is C#CCOc1c(Br)cc(C=Nc2ccc([N+](=O)[O-])cc2)cc1Br. The van der Waals surface area contributed by atoms with Crippen LogP contribution < -0.4 is 4.74 Å². The van der Waals surface area contributed by atoms with Crippen molar-refractivity contribution in [2.24, 2.45) is 4.99 Å². The zero-order valence-electron chi connectivity index (χ0n) is 11.7. The lowest BCUT2D eigenvalue weighted by Crippen LogP contribution is -1.96. The topological polar surface area (TPSA) is 64.7 Å². The number of ether oxygens (including phenoxy) is 1. The van der Waals surface area contributed by atoms with Crippen molar-refractivity contribution in [3.05, 3.63) is 61.0 Å². The Morgan fingerprint density at radius 3 is 2.39 bits per heavy atom. The highest BCUT2D eigenvalue weighted by Crippen LogP contribution is 2.34. The van der Waals surface area contributed by atoms with Crippen LogP contribution in [0, 0.1) is 22.5 Å². The third-order valence-electron chi connectivity index (χ3n) is 2.74. The van der Waals surface area contributed by atoms with E-state index in [9.17, 15) is 10.1 Å². The van der Waals surface area contributed by atoms with Gasteiger partial charge in [0.05, 0.1) is 19.6 Å². The van der Waals surface area contributed by atoms with Gasteiger partial charge < -0.3 is 4.74 Å². The first-order valence-corrected chi connectivity index (χ1v) is 7.93. The highest BCUT2D eigenvalue weighted by atomic mass is 79.9. The smallest absolute Gasteiger partial charge is 0.269 e. The van der Waals surface area contributed by atoms with Gasteiger partial charge in [-0.05, 0) is 61.7 Å². The number of nitro groups is 1. The molecule has 0 aromatic heterocycles. The summed E-state index contributed by atoms with van der Waals surface area (Å²) >= 11 is 6.84. The molecule has 0 atom stereocenters. The fourth-order valence-electron chi connectivity index (χ4n) is 1.72. The minimum Gasteiger partial charge on any atom is -0.479 e. The van der Waals surface area contributed by atoms with Gasteiger partial charge in [-0.25, -0.2) is 0 Å². The minimum atomic E-state index is -0.448. The van der Waals surface area contributed by atoms with Gasteiger partial charge in [0.1, 0.15) is 12.4 Å². The van der Waals surface area contributed by atoms with Gasteiger partial charge in [0.2, 0.25) is 0 Å². The second-order valence-corrected chi connectivity index (χ2v) is 6.05. The van der Waals surface area contributed by atoms with Gasteiger partial charge in [-0.1, -0.05) is 5.92 Å². The average molecular weight is 438 g/mol. The van der Waals surface area contributed by atoms with Crippen molar-refractivity contribution >= 4 is 49.4 Å². The number of aliphatic imine (C=N–C) groups is 1. The van der Waals surface area contributed by atoms with Crippen molar-refractivity contribution in [2.75, 3.05) is 6.61 Å². The summed E-state index contributed by atoms with van der Waals surface area (Å²) in [5.74, 6) is 3.03. The molecule has 0 spiro atoms. The van der Waals surface area contributed by atoms with Gasteiger partial charge in [-0.15, -0.1) is 6.42 Å². The van der Waals surface area contributed by atoms with Crippen LogP contribution in [-0.2, 0) is 0 Å². The first-order chi connectivity index (χ1) is 11.0. The van der Waals surface area contributed by atoms with Crippen molar-refractivity contribution < 1.29 is 9.66 Å². The van der Waals surface area contributed by atoms with E-state index in [4.69, 9.17) is 11.2 Å². The van der Waals surface area contributed by atoms with Crippen LogP contribution in [-0.4, -0.2) is 17.7 Å². The monoisotopic (exact) mass is 436 g/mol. The maximum Gasteiger partial charge on any atom is 0.269 e. The lowest BCUT2D eigenvalue weighted by atomic mass is 10.2. The Bertz CT molecular complexity index is 773. The van der Waals surface area contributed by atoms with E-state index in [1.165, 1.54) is 12.1 Å². The van der Waals surface area contributed by atoms with Crippen LogP contribution in [0.3, 0.4) is 0 Å². The van der Waals surface area contributed by atoms with Crippen molar-refractivity contribution in [3.8, 4) is 18.1 Å². The van der Waals surface area contributed by atoms with Crippen LogP contribution in [0.15, 0.2) is 50.3 Å². The molecule has 0 aliphatic heterocycles. The van der Waals surface area contributed by atoms with E-state index in [1.54, 1.807) is 18.3 Å². The van der Waals surface area contributed by atoms with E-state index < -0.39 is 4.92 Å². The molecule has 0 saturated carbocycles. The molecule has 0 saturated heterocycles.